The lowest BCUT2D eigenvalue weighted by Gasteiger charge is -2.37. The van der Waals surface area contributed by atoms with Crippen molar-refractivity contribution in [3.8, 4) is 5.75 Å². The first-order valence-electron chi connectivity index (χ1n) is 13.9. The van der Waals surface area contributed by atoms with Crippen LogP contribution >= 0.6 is 0 Å². The average molecular weight is 469 g/mol. The summed E-state index contributed by atoms with van der Waals surface area (Å²) in [5.41, 5.74) is 8.46. The lowest BCUT2D eigenvalue weighted by Crippen LogP contribution is -2.36. The van der Waals surface area contributed by atoms with Crippen LogP contribution in [0.4, 0.5) is 0 Å². The van der Waals surface area contributed by atoms with E-state index in [0.29, 0.717) is 0 Å². The summed E-state index contributed by atoms with van der Waals surface area (Å²) in [5.74, 6) is 1.15. The van der Waals surface area contributed by atoms with Crippen molar-refractivity contribution in [3.05, 3.63) is 63.8 Å². The van der Waals surface area contributed by atoms with E-state index >= 15 is 0 Å². The molecule has 1 aromatic carbocycles. The van der Waals surface area contributed by atoms with E-state index < -0.39 is 0 Å². The minimum absolute atomic E-state index is 0.0376. The largest absolute Gasteiger partial charge is 0.487 e. The predicted molar refractivity (Wildman–Crippen MR) is 155 cm³/mol. The Balaban J connectivity index is 0.00000258. The van der Waals surface area contributed by atoms with E-state index in [-0.39, 0.29) is 5.60 Å². The molecule has 0 aliphatic carbocycles. The van der Waals surface area contributed by atoms with Gasteiger partial charge in [0.25, 0.3) is 0 Å². The molecule has 0 spiro atoms. The fraction of sp³-hybridized carbons (Fsp3) is 0.636. The molecular weight excluding hydrogens is 412 g/mol. The molecule has 0 saturated heterocycles. The predicted octanol–water partition coefficient (Wildman–Crippen LogP) is 11.0. The molecule has 0 N–H and O–H groups in total. The second-order valence-corrected chi connectivity index (χ2v) is 9.90. The van der Waals surface area contributed by atoms with Crippen LogP contribution < -0.4 is 4.74 Å². The number of rotatable bonds is 10. The summed E-state index contributed by atoms with van der Waals surface area (Å²) in [6, 6.07) is 4.48. The first kappa shape index (κ1) is 32.2. The maximum absolute atomic E-state index is 6.54. The summed E-state index contributed by atoms with van der Waals surface area (Å²) in [7, 11) is 0. The zero-order valence-electron chi connectivity index (χ0n) is 24.7. The van der Waals surface area contributed by atoms with E-state index in [1.165, 1.54) is 59.1 Å². The van der Waals surface area contributed by atoms with Crippen LogP contribution in [0.5, 0.6) is 5.75 Å². The van der Waals surface area contributed by atoms with Crippen molar-refractivity contribution in [2.24, 2.45) is 0 Å². The monoisotopic (exact) mass is 468 g/mol. The van der Waals surface area contributed by atoms with Crippen LogP contribution in [0.25, 0.3) is 0 Å². The molecule has 1 nitrogen and oxygen atoms in total. The first-order valence-corrected chi connectivity index (χ1v) is 13.9. The van der Waals surface area contributed by atoms with E-state index in [1.54, 1.807) is 0 Å². The highest BCUT2D eigenvalue weighted by molar-refractivity contribution is 5.47. The minimum atomic E-state index is -0.0376. The van der Waals surface area contributed by atoms with E-state index in [9.17, 15) is 0 Å². The van der Waals surface area contributed by atoms with Gasteiger partial charge in [0.05, 0.1) is 0 Å². The van der Waals surface area contributed by atoms with Gasteiger partial charge in [-0.1, -0.05) is 74.8 Å². The highest BCUT2D eigenvalue weighted by Crippen LogP contribution is 2.39. The Hall–Kier alpha value is -1.76. The third-order valence-electron chi connectivity index (χ3n) is 6.56. The molecule has 1 aliphatic heterocycles. The molecule has 0 radical (unpaired) electrons. The molecule has 1 unspecified atom stereocenters. The summed E-state index contributed by atoms with van der Waals surface area (Å²) < 4.78 is 6.54. The topological polar surface area (TPSA) is 9.23 Å². The van der Waals surface area contributed by atoms with Crippen molar-refractivity contribution >= 4 is 0 Å². The molecule has 1 aromatic rings. The summed E-state index contributed by atoms with van der Waals surface area (Å²) in [5, 5.41) is 0. The number of fused-ring (bicyclic) bond motifs is 1. The highest BCUT2D eigenvalue weighted by atomic mass is 16.5. The maximum atomic E-state index is 6.54. The number of allylic oxidation sites excluding steroid dienone is 6. The number of hydrogen-bond acceptors (Lipinski definition) is 1. The van der Waals surface area contributed by atoms with Crippen LogP contribution in [-0.4, -0.2) is 5.60 Å². The highest BCUT2D eigenvalue weighted by Gasteiger charge is 2.31. The van der Waals surface area contributed by atoms with Crippen LogP contribution in [0.2, 0.25) is 0 Å². The van der Waals surface area contributed by atoms with Gasteiger partial charge < -0.3 is 4.74 Å². The zero-order valence-corrected chi connectivity index (χ0v) is 24.7. The third kappa shape index (κ3) is 12.1. The Morgan fingerprint density at radius 3 is 2.12 bits per heavy atom. The van der Waals surface area contributed by atoms with Gasteiger partial charge in [-0.25, -0.2) is 0 Å². The first-order chi connectivity index (χ1) is 16.2. The Morgan fingerprint density at radius 1 is 0.853 bits per heavy atom. The Morgan fingerprint density at radius 2 is 1.47 bits per heavy atom. The van der Waals surface area contributed by atoms with Crippen molar-refractivity contribution in [1.29, 1.82) is 0 Å². The van der Waals surface area contributed by atoms with Gasteiger partial charge in [-0.05, 0) is 123 Å². The van der Waals surface area contributed by atoms with Crippen LogP contribution in [0.1, 0.15) is 130 Å². The molecule has 1 heterocycles. The van der Waals surface area contributed by atoms with E-state index in [0.717, 1.165) is 37.9 Å². The standard InChI is InChI=1S/C29H44O.2C2H6/c1-22(2)12-8-9-13-23(3)14-10-15-24(4)16-11-20-29(7)21-19-27-18-17-25(5)26(6)28(27)30-29;2*1-2/h12,14,16-18H,8-11,13,15,19-21H2,1-7H3;2*1-2H3/b23-14+,24-16+;;. The van der Waals surface area contributed by atoms with Crippen LogP contribution in [0, 0.1) is 13.8 Å². The van der Waals surface area contributed by atoms with Gasteiger partial charge in [0, 0.05) is 0 Å². The van der Waals surface area contributed by atoms with Gasteiger partial charge in [0.2, 0.25) is 0 Å². The molecule has 194 valence electrons. The Bertz CT molecular complexity index is 789. The van der Waals surface area contributed by atoms with Crippen LogP contribution in [0.15, 0.2) is 47.1 Å². The molecule has 1 aliphatic rings. The Kier molecular flexibility index (Phi) is 16.7. The average Bonchev–Trinajstić information content (AvgIpc) is 2.82. The van der Waals surface area contributed by atoms with E-state index in [1.807, 2.05) is 27.7 Å². The second kappa shape index (κ2) is 17.6. The molecule has 0 saturated carbocycles. The minimum Gasteiger partial charge on any atom is -0.487 e. The molecule has 0 aromatic heterocycles. The molecule has 34 heavy (non-hydrogen) atoms. The van der Waals surface area contributed by atoms with Crippen molar-refractivity contribution in [1.82, 2.24) is 0 Å². The number of hydrogen-bond donors (Lipinski definition) is 0. The maximum Gasteiger partial charge on any atom is 0.126 e. The van der Waals surface area contributed by atoms with Gasteiger partial charge in [0.1, 0.15) is 11.4 Å². The van der Waals surface area contributed by atoms with Crippen molar-refractivity contribution < 1.29 is 4.74 Å². The quantitative estimate of drug-likeness (QED) is 0.245. The molecular formula is C33H56O. The Labute approximate surface area is 213 Å². The summed E-state index contributed by atoms with van der Waals surface area (Å²) in [6.07, 6.45) is 17.7. The SMILES string of the molecule is CC.CC.CC(C)=CCCC/C(C)=C/CC/C(C)=C/CCC1(C)CCc2ccc(C)c(C)c2O1. The van der Waals surface area contributed by atoms with E-state index in [2.05, 4.69) is 78.8 Å². The summed E-state index contributed by atoms with van der Waals surface area (Å²) >= 11 is 0. The summed E-state index contributed by atoms with van der Waals surface area (Å²) in [6.45, 7) is 23.6. The van der Waals surface area contributed by atoms with Crippen molar-refractivity contribution in [2.75, 3.05) is 0 Å². The van der Waals surface area contributed by atoms with Crippen molar-refractivity contribution in [2.45, 2.75) is 140 Å². The fourth-order valence-electron chi connectivity index (χ4n) is 4.20. The van der Waals surface area contributed by atoms with Crippen LogP contribution in [0.3, 0.4) is 0 Å². The van der Waals surface area contributed by atoms with Gasteiger partial charge in [-0.3, -0.25) is 0 Å². The second-order valence-electron chi connectivity index (χ2n) is 9.90. The number of ether oxygens (including phenoxy) is 1. The lowest BCUT2D eigenvalue weighted by molar-refractivity contribution is 0.0562. The molecule has 0 fully saturated rings. The molecule has 1 heteroatoms. The normalized spacial score (nSPS) is 17.4. The number of aryl methyl sites for hydroxylation is 2. The van der Waals surface area contributed by atoms with Gasteiger partial charge in [0.15, 0.2) is 0 Å². The number of benzene rings is 1. The van der Waals surface area contributed by atoms with Gasteiger partial charge >= 0.3 is 0 Å². The van der Waals surface area contributed by atoms with E-state index in [4.69, 9.17) is 4.74 Å². The molecule has 2 rings (SSSR count). The zero-order chi connectivity index (χ0) is 26.1. The molecule has 0 amide bonds. The number of unbranched alkanes of at least 4 members (excludes halogenated alkanes) is 1. The molecule has 0 bridgehead atoms. The third-order valence-corrected chi connectivity index (χ3v) is 6.56. The smallest absolute Gasteiger partial charge is 0.126 e. The lowest BCUT2D eigenvalue weighted by atomic mass is 9.87. The van der Waals surface area contributed by atoms with Gasteiger partial charge in [-0.2, -0.15) is 0 Å². The van der Waals surface area contributed by atoms with Gasteiger partial charge in [-0.15, -0.1) is 0 Å². The fourth-order valence-corrected chi connectivity index (χ4v) is 4.20. The van der Waals surface area contributed by atoms with Crippen molar-refractivity contribution in [3.63, 3.8) is 0 Å². The molecule has 1 atom stereocenters. The van der Waals surface area contributed by atoms with Crippen LogP contribution in [-0.2, 0) is 6.42 Å². The summed E-state index contributed by atoms with van der Waals surface area (Å²) in [4.78, 5) is 0.